The van der Waals surface area contributed by atoms with Crippen molar-refractivity contribution in [1.82, 2.24) is 25.2 Å². The lowest BCUT2D eigenvalue weighted by molar-refractivity contribution is 0.0710. The van der Waals surface area contributed by atoms with Crippen LogP contribution in [0.2, 0.25) is 0 Å². The number of carbonyl (C=O) groups is 2. The molecule has 1 fully saturated rings. The first-order chi connectivity index (χ1) is 14.3. The molecule has 2 heterocycles. The fourth-order valence-corrected chi connectivity index (χ4v) is 3.54. The van der Waals surface area contributed by atoms with Gasteiger partial charge in [0.25, 0.3) is 11.8 Å². The summed E-state index contributed by atoms with van der Waals surface area (Å²) in [5, 5.41) is 10.6. The first-order valence-corrected chi connectivity index (χ1v) is 9.71. The first-order valence-electron chi connectivity index (χ1n) is 9.71. The normalized spacial score (nSPS) is 18.5. The number of nitrogens with one attached hydrogen (secondary N) is 1. The summed E-state index contributed by atoms with van der Waals surface area (Å²) in [6.45, 7) is 3.89. The van der Waals surface area contributed by atoms with E-state index in [1.807, 2.05) is 13.8 Å². The zero-order valence-corrected chi connectivity index (χ0v) is 17.5. The van der Waals surface area contributed by atoms with Gasteiger partial charge in [-0.2, -0.15) is 0 Å². The number of benzene rings is 1. The van der Waals surface area contributed by atoms with Crippen LogP contribution in [-0.4, -0.2) is 70.7 Å². The number of nitrogens with zero attached hydrogens (tertiary/aromatic N) is 4. The van der Waals surface area contributed by atoms with Crippen molar-refractivity contribution in [2.45, 2.75) is 45.1 Å². The molecule has 1 aromatic carbocycles. The minimum absolute atomic E-state index is 0.0285. The SMILES string of the molecule is COc1cccc(C(=O)N2C[C@@H](F)C[C@H]2Cn2cc(C(=O)NC(C)C)nn2)c1OC. The number of rotatable bonds is 7. The van der Waals surface area contributed by atoms with Gasteiger partial charge in [0.05, 0.1) is 45.1 Å². The quantitative estimate of drug-likeness (QED) is 0.733. The molecule has 1 N–H and O–H groups in total. The molecule has 9 nitrogen and oxygen atoms in total. The largest absolute Gasteiger partial charge is 0.493 e. The zero-order chi connectivity index (χ0) is 21.8. The highest BCUT2D eigenvalue weighted by atomic mass is 19.1. The molecular weight excluding hydrogens is 393 g/mol. The molecule has 1 aromatic heterocycles. The molecule has 1 saturated heterocycles. The number of methoxy groups -OCH3 is 2. The van der Waals surface area contributed by atoms with E-state index in [2.05, 4.69) is 15.6 Å². The van der Waals surface area contributed by atoms with Crippen molar-refractivity contribution < 1.29 is 23.5 Å². The van der Waals surface area contributed by atoms with Crippen LogP contribution in [0.4, 0.5) is 4.39 Å². The van der Waals surface area contributed by atoms with Gasteiger partial charge in [0, 0.05) is 12.5 Å². The van der Waals surface area contributed by atoms with E-state index in [9.17, 15) is 14.0 Å². The van der Waals surface area contributed by atoms with Gasteiger partial charge in [-0.15, -0.1) is 5.10 Å². The molecule has 1 aliphatic heterocycles. The monoisotopic (exact) mass is 419 g/mol. The molecule has 0 spiro atoms. The maximum absolute atomic E-state index is 14.2. The fraction of sp³-hybridized carbons (Fsp3) is 0.500. The van der Waals surface area contributed by atoms with Crippen LogP contribution in [0.25, 0.3) is 0 Å². The zero-order valence-electron chi connectivity index (χ0n) is 17.5. The van der Waals surface area contributed by atoms with Gasteiger partial charge >= 0.3 is 0 Å². The van der Waals surface area contributed by atoms with Crippen molar-refractivity contribution in [3.05, 3.63) is 35.7 Å². The van der Waals surface area contributed by atoms with Gasteiger partial charge in [-0.3, -0.25) is 9.59 Å². The highest BCUT2D eigenvalue weighted by Gasteiger charge is 2.37. The molecule has 2 amide bonds. The van der Waals surface area contributed by atoms with Crippen molar-refractivity contribution in [3.8, 4) is 11.5 Å². The van der Waals surface area contributed by atoms with Crippen molar-refractivity contribution in [2.24, 2.45) is 0 Å². The predicted octanol–water partition coefficient (Wildman–Crippen LogP) is 1.69. The fourth-order valence-electron chi connectivity index (χ4n) is 3.54. The van der Waals surface area contributed by atoms with E-state index in [0.717, 1.165) is 0 Å². The van der Waals surface area contributed by atoms with E-state index >= 15 is 0 Å². The third-order valence-corrected chi connectivity index (χ3v) is 4.85. The minimum Gasteiger partial charge on any atom is -0.493 e. The number of likely N-dealkylation sites (tertiary alicyclic amines) is 1. The van der Waals surface area contributed by atoms with Crippen LogP contribution < -0.4 is 14.8 Å². The molecule has 162 valence electrons. The van der Waals surface area contributed by atoms with Crippen molar-refractivity contribution >= 4 is 11.8 Å². The molecule has 0 unspecified atom stereocenters. The second-order valence-corrected chi connectivity index (χ2v) is 7.44. The molecule has 0 aliphatic carbocycles. The molecule has 3 rings (SSSR count). The third kappa shape index (κ3) is 4.52. The Kier molecular flexibility index (Phi) is 6.53. The van der Waals surface area contributed by atoms with Crippen molar-refractivity contribution in [1.29, 1.82) is 0 Å². The third-order valence-electron chi connectivity index (χ3n) is 4.85. The number of halogens is 1. The summed E-state index contributed by atoms with van der Waals surface area (Å²) in [5.41, 5.74) is 0.470. The Morgan fingerprint density at radius 3 is 2.73 bits per heavy atom. The number of amides is 2. The van der Waals surface area contributed by atoms with Crippen LogP contribution in [-0.2, 0) is 6.54 Å². The Morgan fingerprint density at radius 2 is 2.07 bits per heavy atom. The lowest BCUT2D eigenvalue weighted by Gasteiger charge is -2.25. The van der Waals surface area contributed by atoms with Gasteiger partial charge in [-0.1, -0.05) is 11.3 Å². The number of carbonyl (C=O) groups excluding carboxylic acids is 2. The summed E-state index contributed by atoms with van der Waals surface area (Å²) < 4.78 is 26.3. The Bertz CT molecular complexity index is 916. The molecule has 2 aromatic rings. The van der Waals surface area contributed by atoms with E-state index in [-0.39, 0.29) is 43.1 Å². The van der Waals surface area contributed by atoms with Gasteiger partial charge in [0.1, 0.15) is 6.17 Å². The summed E-state index contributed by atoms with van der Waals surface area (Å²) in [5.74, 6) is 0.0429. The molecule has 10 heteroatoms. The van der Waals surface area contributed by atoms with Gasteiger partial charge < -0.3 is 19.7 Å². The number of hydrogen-bond acceptors (Lipinski definition) is 6. The highest BCUT2D eigenvalue weighted by molar-refractivity contribution is 5.98. The van der Waals surface area contributed by atoms with Gasteiger partial charge in [-0.25, -0.2) is 9.07 Å². The summed E-state index contributed by atoms with van der Waals surface area (Å²) in [4.78, 5) is 26.7. The van der Waals surface area contributed by atoms with Crippen molar-refractivity contribution in [3.63, 3.8) is 0 Å². The van der Waals surface area contributed by atoms with Gasteiger partial charge in [0.2, 0.25) is 0 Å². The van der Waals surface area contributed by atoms with E-state index < -0.39 is 12.2 Å². The maximum atomic E-state index is 14.2. The Balaban J connectivity index is 1.79. The summed E-state index contributed by atoms with van der Waals surface area (Å²) in [6.07, 6.45) is 0.520. The van der Waals surface area contributed by atoms with Gasteiger partial charge in [-0.05, 0) is 26.0 Å². The lowest BCUT2D eigenvalue weighted by Crippen LogP contribution is -2.38. The summed E-state index contributed by atoms with van der Waals surface area (Å²) in [6, 6.07) is 4.52. The Hall–Kier alpha value is -3.17. The minimum atomic E-state index is -1.15. The van der Waals surface area contributed by atoms with Crippen LogP contribution in [0.15, 0.2) is 24.4 Å². The first kappa shape index (κ1) is 21.5. The predicted molar refractivity (Wildman–Crippen MR) is 107 cm³/mol. The number of hydrogen-bond donors (Lipinski definition) is 1. The number of para-hydroxylation sites is 1. The van der Waals surface area contributed by atoms with Crippen LogP contribution >= 0.6 is 0 Å². The van der Waals surface area contributed by atoms with Gasteiger partial charge in [0.15, 0.2) is 17.2 Å². The van der Waals surface area contributed by atoms with Crippen LogP contribution in [0.5, 0.6) is 11.5 Å². The molecule has 0 radical (unpaired) electrons. The molecule has 0 saturated carbocycles. The van der Waals surface area contributed by atoms with Crippen LogP contribution in [0, 0.1) is 0 Å². The van der Waals surface area contributed by atoms with E-state index in [1.54, 1.807) is 18.2 Å². The molecular formula is C20H26FN5O4. The Morgan fingerprint density at radius 1 is 1.30 bits per heavy atom. The van der Waals surface area contributed by atoms with Crippen LogP contribution in [0.3, 0.4) is 0 Å². The smallest absolute Gasteiger partial charge is 0.273 e. The summed E-state index contributed by atoms with van der Waals surface area (Å²) >= 11 is 0. The topological polar surface area (TPSA) is 98.6 Å². The Labute approximate surface area is 174 Å². The average Bonchev–Trinajstić information content (AvgIpc) is 3.33. The summed E-state index contributed by atoms with van der Waals surface area (Å²) in [7, 11) is 2.94. The molecule has 0 bridgehead atoms. The standard InChI is InChI=1S/C20H26FN5O4/c1-12(2)22-19(27)16-11-25(24-23-16)10-14-8-13(21)9-26(14)20(28)15-6-5-7-17(29-3)18(15)30-4/h5-7,11-14H,8-10H2,1-4H3,(H,22,27)/t13-,14-/m0/s1. The maximum Gasteiger partial charge on any atom is 0.273 e. The number of aromatic nitrogens is 3. The number of ether oxygens (including phenoxy) is 2. The highest BCUT2D eigenvalue weighted by Crippen LogP contribution is 2.33. The van der Waals surface area contributed by atoms with Crippen molar-refractivity contribution in [2.75, 3.05) is 20.8 Å². The van der Waals surface area contributed by atoms with E-state index in [1.165, 1.54) is 30.0 Å². The molecule has 2 atom stereocenters. The molecule has 1 aliphatic rings. The second-order valence-electron chi connectivity index (χ2n) is 7.44. The lowest BCUT2D eigenvalue weighted by atomic mass is 10.1. The second kappa shape index (κ2) is 9.10. The van der Waals surface area contributed by atoms with E-state index in [0.29, 0.717) is 17.1 Å². The molecule has 30 heavy (non-hydrogen) atoms. The number of alkyl halides is 1. The average molecular weight is 419 g/mol. The van der Waals surface area contributed by atoms with Crippen LogP contribution in [0.1, 0.15) is 41.1 Å². The van der Waals surface area contributed by atoms with E-state index in [4.69, 9.17) is 9.47 Å².